The Hall–Kier alpha value is -1.92. The quantitative estimate of drug-likeness (QED) is 0.707. The molecule has 4 heteroatoms. The third-order valence-corrected chi connectivity index (χ3v) is 2.49. The van der Waals surface area contributed by atoms with Crippen molar-refractivity contribution in [3.8, 4) is 17.2 Å². The average Bonchev–Trinajstić information content (AvgIpc) is 2.29. The summed E-state index contributed by atoms with van der Waals surface area (Å²) >= 11 is 5.77. The maximum absolute atomic E-state index is 8.86. The normalized spacial score (nSPS) is 9.81. The second-order valence-corrected chi connectivity index (χ2v) is 3.72. The molecule has 78 valence electrons. The van der Waals surface area contributed by atoms with E-state index in [-0.39, 0.29) is 5.15 Å². The summed E-state index contributed by atoms with van der Waals surface area (Å²) < 4.78 is 0. The standard InChI is InChI=1S/C12H8ClN3/c1-8-4-9(2-3-15-8)11-5-10(6-14)12(13)16-7-11/h2-5,7H,1H3. The van der Waals surface area contributed by atoms with Gasteiger partial charge in [0.1, 0.15) is 11.2 Å². The Morgan fingerprint density at radius 2 is 2.06 bits per heavy atom. The van der Waals surface area contributed by atoms with Gasteiger partial charge in [-0.1, -0.05) is 11.6 Å². The fourth-order valence-corrected chi connectivity index (χ4v) is 1.56. The van der Waals surface area contributed by atoms with Gasteiger partial charge < -0.3 is 0 Å². The Labute approximate surface area is 98.4 Å². The van der Waals surface area contributed by atoms with E-state index >= 15 is 0 Å². The van der Waals surface area contributed by atoms with Gasteiger partial charge in [0.2, 0.25) is 0 Å². The van der Waals surface area contributed by atoms with Gasteiger partial charge in [0.05, 0.1) is 5.56 Å². The van der Waals surface area contributed by atoms with Crippen LogP contribution in [0.4, 0.5) is 0 Å². The number of pyridine rings is 2. The second kappa shape index (κ2) is 4.30. The lowest BCUT2D eigenvalue weighted by atomic mass is 10.1. The van der Waals surface area contributed by atoms with Crippen LogP contribution in [0.2, 0.25) is 5.15 Å². The minimum absolute atomic E-state index is 0.233. The van der Waals surface area contributed by atoms with Crippen LogP contribution in [-0.2, 0) is 0 Å². The first kappa shape index (κ1) is 10.6. The molecule has 0 amide bonds. The molecule has 0 aromatic carbocycles. The molecule has 0 saturated heterocycles. The summed E-state index contributed by atoms with van der Waals surface area (Å²) in [6.45, 7) is 1.91. The highest BCUT2D eigenvalue weighted by Gasteiger charge is 2.04. The van der Waals surface area contributed by atoms with Crippen molar-refractivity contribution in [3.63, 3.8) is 0 Å². The second-order valence-electron chi connectivity index (χ2n) is 3.36. The largest absolute Gasteiger partial charge is 0.262 e. The lowest BCUT2D eigenvalue weighted by Crippen LogP contribution is -1.87. The molecule has 2 aromatic heterocycles. The number of nitriles is 1. The number of nitrogens with zero attached hydrogens (tertiary/aromatic N) is 3. The molecular formula is C12H8ClN3. The monoisotopic (exact) mass is 229 g/mol. The minimum atomic E-state index is 0.233. The van der Waals surface area contributed by atoms with Gasteiger partial charge in [-0.2, -0.15) is 5.26 Å². The lowest BCUT2D eigenvalue weighted by molar-refractivity contribution is 1.20. The summed E-state index contributed by atoms with van der Waals surface area (Å²) in [4.78, 5) is 8.09. The number of hydrogen-bond acceptors (Lipinski definition) is 3. The van der Waals surface area contributed by atoms with Crippen LogP contribution in [0.15, 0.2) is 30.6 Å². The van der Waals surface area contributed by atoms with Crippen molar-refractivity contribution in [2.24, 2.45) is 0 Å². The van der Waals surface area contributed by atoms with Crippen LogP contribution in [0.25, 0.3) is 11.1 Å². The highest BCUT2D eigenvalue weighted by Crippen LogP contribution is 2.22. The van der Waals surface area contributed by atoms with Crippen molar-refractivity contribution in [2.45, 2.75) is 6.92 Å². The van der Waals surface area contributed by atoms with E-state index in [2.05, 4.69) is 9.97 Å². The van der Waals surface area contributed by atoms with Crippen LogP contribution in [-0.4, -0.2) is 9.97 Å². The predicted molar refractivity (Wildman–Crippen MR) is 61.9 cm³/mol. The fraction of sp³-hybridized carbons (Fsp3) is 0.0833. The van der Waals surface area contributed by atoms with Crippen molar-refractivity contribution < 1.29 is 0 Å². The van der Waals surface area contributed by atoms with Gasteiger partial charge in [-0.25, -0.2) is 4.98 Å². The molecule has 3 nitrogen and oxygen atoms in total. The van der Waals surface area contributed by atoms with Gasteiger partial charge in [0.25, 0.3) is 0 Å². The van der Waals surface area contributed by atoms with E-state index in [1.54, 1.807) is 18.5 Å². The maximum Gasteiger partial charge on any atom is 0.146 e. The highest BCUT2D eigenvalue weighted by molar-refractivity contribution is 6.30. The molecule has 2 aromatic rings. The lowest BCUT2D eigenvalue weighted by Gasteiger charge is -2.03. The molecular weight excluding hydrogens is 222 g/mol. The topological polar surface area (TPSA) is 49.6 Å². The molecule has 2 heterocycles. The van der Waals surface area contributed by atoms with Crippen molar-refractivity contribution in [2.75, 3.05) is 0 Å². The molecule has 0 aliphatic rings. The summed E-state index contributed by atoms with van der Waals surface area (Å²) in [7, 11) is 0. The van der Waals surface area contributed by atoms with Crippen molar-refractivity contribution in [1.29, 1.82) is 5.26 Å². The number of hydrogen-bond donors (Lipinski definition) is 0. The minimum Gasteiger partial charge on any atom is -0.262 e. The zero-order valence-electron chi connectivity index (χ0n) is 8.61. The number of halogens is 1. The molecule has 0 bridgehead atoms. The molecule has 0 spiro atoms. The number of aryl methyl sites for hydroxylation is 1. The van der Waals surface area contributed by atoms with Gasteiger partial charge in [-0.05, 0) is 30.7 Å². The van der Waals surface area contributed by atoms with Crippen molar-refractivity contribution >= 4 is 11.6 Å². The molecule has 16 heavy (non-hydrogen) atoms. The molecule has 0 fully saturated rings. The van der Waals surface area contributed by atoms with E-state index in [9.17, 15) is 0 Å². The highest BCUT2D eigenvalue weighted by atomic mass is 35.5. The van der Waals surface area contributed by atoms with Crippen LogP contribution in [0.5, 0.6) is 0 Å². The van der Waals surface area contributed by atoms with Crippen LogP contribution in [0.1, 0.15) is 11.3 Å². The van der Waals surface area contributed by atoms with Gasteiger partial charge in [0.15, 0.2) is 0 Å². The Morgan fingerprint density at radius 1 is 1.25 bits per heavy atom. The predicted octanol–water partition coefficient (Wildman–Crippen LogP) is 2.98. The molecule has 0 atom stereocenters. The van der Waals surface area contributed by atoms with E-state index in [1.165, 1.54) is 0 Å². The van der Waals surface area contributed by atoms with E-state index in [0.29, 0.717) is 5.56 Å². The Bertz CT molecular complexity index is 573. The van der Waals surface area contributed by atoms with Gasteiger partial charge in [-0.3, -0.25) is 4.98 Å². The summed E-state index contributed by atoms with van der Waals surface area (Å²) in [5.41, 5.74) is 3.15. The van der Waals surface area contributed by atoms with Crippen molar-refractivity contribution in [1.82, 2.24) is 9.97 Å². The third kappa shape index (κ3) is 2.02. The van der Waals surface area contributed by atoms with Gasteiger partial charge in [-0.15, -0.1) is 0 Å². The van der Waals surface area contributed by atoms with Crippen molar-refractivity contribution in [3.05, 3.63) is 47.0 Å². The summed E-state index contributed by atoms with van der Waals surface area (Å²) in [5, 5.41) is 9.09. The van der Waals surface area contributed by atoms with Gasteiger partial charge >= 0.3 is 0 Å². The number of rotatable bonds is 1. The molecule has 0 saturated carbocycles. The first-order valence-corrected chi connectivity index (χ1v) is 5.07. The molecule has 0 radical (unpaired) electrons. The first-order valence-electron chi connectivity index (χ1n) is 4.69. The molecule has 0 aliphatic heterocycles. The van der Waals surface area contributed by atoms with E-state index in [0.717, 1.165) is 16.8 Å². The molecule has 2 rings (SSSR count). The molecule has 0 aliphatic carbocycles. The molecule has 0 unspecified atom stereocenters. The Kier molecular flexibility index (Phi) is 2.84. The van der Waals surface area contributed by atoms with Crippen LogP contribution in [0, 0.1) is 18.3 Å². The number of aromatic nitrogens is 2. The third-order valence-electron chi connectivity index (χ3n) is 2.19. The van der Waals surface area contributed by atoms with Crippen LogP contribution in [0.3, 0.4) is 0 Å². The summed E-state index contributed by atoms with van der Waals surface area (Å²) in [5.74, 6) is 0. The summed E-state index contributed by atoms with van der Waals surface area (Å²) in [6, 6.07) is 7.55. The maximum atomic E-state index is 8.86. The molecule has 0 N–H and O–H groups in total. The summed E-state index contributed by atoms with van der Waals surface area (Å²) in [6.07, 6.45) is 3.38. The first-order chi connectivity index (χ1) is 7.70. The zero-order valence-corrected chi connectivity index (χ0v) is 9.36. The van der Waals surface area contributed by atoms with Crippen LogP contribution < -0.4 is 0 Å². The smallest absolute Gasteiger partial charge is 0.146 e. The fourth-order valence-electron chi connectivity index (χ4n) is 1.41. The van der Waals surface area contributed by atoms with Gasteiger partial charge in [0, 0.05) is 23.7 Å². The van der Waals surface area contributed by atoms with Crippen LogP contribution >= 0.6 is 11.6 Å². The Balaban J connectivity index is 2.54. The van der Waals surface area contributed by atoms with E-state index in [1.807, 2.05) is 25.1 Å². The Morgan fingerprint density at radius 3 is 2.75 bits per heavy atom. The van der Waals surface area contributed by atoms with E-state index < -0.39 is 0 Å². The zero-order chi connectivity index (χ0) is 11.5. The average molecular weight is 230 g/mol. The van der Waals surface area contributed by atoms with E-state index in [4.69, 9.17) is 16.9 Å². The SMILES string of the molecule is Cc1cc(-c2cnc(Cl)c(C#N)c2)ccn1.